The number of hydrogen-bond acceptors (Lipinski definition) is 8. The van der Waals surface area contributed by atoms with Crippen LogP contribution in [0.3, 0.4) is 0 Å². The van der Waals surface area contributed by atoms with E-state index in [1.54, 1.807) is 31.6 Å². The van der Waals surface area contributed by atoms with E-state index in [0.29, 0.717) is 45.7 Å². The van der Waals surface area contributed by atoms with Crippen LogP contribution < -0.4 is 30.3 Å². The average molecular weight is 525 g/mol. The molecule has 2 aromatic carbocycles. The number of methoxy groups -OCH3 is 1. The second-order valence-electron chi connectivity index (χ2n) is 9.26. The minimum absolute atomic E-state index is 0.125. The van der Waals surface area contributed by atoms with Crippen molar-refractivity contribution in [2.45, 2.75) is 39.5 Å². The maximum absolute atomic E-state index is 12.1. The van der Waals surface area contributed by atoms with Crippen LogP contribution in [0.15, 0.2) is 42.7 Å². The molecule has 1 aromatic heterocycles. The normalized spacial score (nSPS) is 17.3. The second kappa shape index (κ2) is 11.7. The van der Waals surface area contributed by atoms with Gasteiger partial charge in [0.2, 0.25) is 5.95 Å². The molecule has 196 valence electrons. The zero-order chi connectivity index (χ0) is 26.5. The topological polar surface area (TPSA) is 101 Å². The van der Waals surface area contributed by atoms with Crippen molar-refractivity contribution in [3.63, 3.8) is 0 Å². The van der Waals surface area contributed by atoms with Gasteiger partial charge in [-0.05, 0) is 56.7 Å². The molecule has 4 rings (SSSR count). The zero-order valence-electron chi connectivity index (χ0n) is 21.8. The zero-order valence-corrected chi connectivity index (χ0v) is 22.5. The number of aromatic nitrogens is 2. The summed E-state index contributed by atoms with van der Waals surface area (Å²) in [6.45, 7) is 8.64. The monoisotopic (exact) mass is 524 g/mol. The Hall–Kier alpha value is -3.56. The van der Waals surface area contributed by atoms with Crippen molar-refractivity contribution in [3.05, 3.63) is 64.4 Å². The smallest absolute Gasteiger partial charge is 0.251 e. The van der Waals surface area contributed by atoms with E-state index in [1.807, 2.05) is 6.07 Å². The molecule has 1 aliphatic heterocycles. The number of piperazine rings is 1. The summed E-state index contributed by atoms with van der Waals surface area (Å²) < 4.78 is 11.1. The number of aryl methyl sites for hydroxylation is 1. The van der Waals surface area contributed by atoms with Crippen LogP contribution in [0.25, 0.3) is 0 Å². The number of hydrogen-bond donors (Lipinski definition) is 3. The SMILES string of the molecule is CNC(=O)c1cc(COc2cnc(Nc3ccc(N4C[C@@H](C)N[C@@H](C)C4)c(C)c3)nc2)c(Cl)c(OC)c1. The van der Waals surface area contributed by atoms with Crippen LogP contribution in [0, 0.1) is 6.92 Å². The molecule has 1 fully saturated rings. The lowest BCUT2D eigenvalue weighted by Gasteiger charge is -2.38. The van der Waals surface area contributed by atoms with Crippen molar-refractivity contribution in [1.29, 1.82) is 0 Å². The fourth-order valence-electron chi connectivity index (χ4n) is 4.54. The van der Waals surface area contributed by atoms with Gasteiger partial charge in [-0.3, -0.25) is 4.79 Å². The van der Waals surface area contributed by atoms with Gasteiger partial charge in [-0.2, -0.15) is 0 Å². The van der Waals surface area contributed by atoms with Gasteiger partial charge in [0, 0.05) is 54.7 Å². The molecular formula is C27H33ClN6O3. The van der Waals surface area contributed by atoms with Gasteiger partial charge in [0.1, 0.15) is 12.4 Å². The van der Waals surface area contributed by atoms with Gasteiger partial charge in [-0.25, -0.2) is 9.97 Å². The average Bonchev–Trinajstić information content (AvgIpc) is 2.88. The van der Waals surface area contributed by atoms with Crippen LogP contribution in [0.5, 0.6) is 11.5 Å². The van der Waals surface area contributed by atoms with Crippen molar-refractivity contribution in [3.8, 4) is 11.5 Å². The van der Waals surface area contributed by atoms with E-state index < -0.39 is 0 Å². The third-order valence-corrected chi connectivity index (χ3v) is 6.63. The van der Waals surface area contributed by atoms with Crippen molar-refractivity contribution in [1.82, 2.24) is 20.6 Å². The number of halogens is 1. The van der Waals surface area contributed by atoms with Gasteiger partial charge in [-0.1, -0.05) is 11.6 Å². The number of amides is 1. The molecule has 1 amide bonds. The lowest BCUT2D eigenvalue weighted by molar-refractivity contribution is 0.0962. The summed E-state index contributed by atoms with van der Waals surface area (Å²) in [5.74, 6) is 1.10. The van der Waals surface area contributed by atoms with E-state index in [0.717, 1.165) is 18.8 Å². The lowest BCUT2D eigenvalue weighted by atomic mass is 10.1. The van der Waals surface area contributed by atoms with Crippen LogP contribution in [0.1, 0.15) is 35.3 Å². The molecule has 9 nitrogen and oxygen atoms in total. The molecule has 3 N–H and O–H groups in total. The molecule has 1 aliphatic rings. The van der Waals surface area contributed by atoms with Crippen molar-refractivity contribution in [2.24, 2.45) is 0 Å². The van der Waals surface area contributed by atoms with Crippen molar-refractivity contribution >= 4 is 34.8 Å². The number of nitrogens with one attached hydrogen (secondary N) is 3. The fraction of sp³-hybridized carbons (Fsp3) is 0.370. The van der Waals surface area contributed by atoms with Gasteiger partial charge >= 0.3 is 0 Å². The van der Waals surface area contributed by atoms with Crippen LogP contribution in [-0.2, 0) is 6.61 Å². The summed E-state index contributed by atoms with van der Waals surface area (Å²) in [6, 6.07) is 10.5. The summed E-state index contributed by atoms with van der Waals surface area (Å²) in [6.07, 6.45) is 3.18. The predicted octanol–water partition coefficient (Wildman–Crippen LogP) is 4.32. The maximum Gasteiger partial charge on any atom is 0.251 e. The van der Waals surface area contributed by atoms with Gasteiger partial charge < -0.3 is 30.3 Å². The highest BCUT2D eigenvalue weighted by molar-refractivity contribution is 6.33. The summed E-state index contributed by atoms with van der Waals surface area (Å²) >= 11 is 6.41. The summed E-state index contributed by atoms with van der Waals surface area (Å²) in [5, 5.41) is 9.81. The van der Waals surface area contributed by atoms with Crippen molar-refractivity contribution in [2.75, 3.05) is 37.5 Å². The van der Waals surface area contributed by atoms with Gasteiger partial charge in [-0.15, -0.1) is 0 Å². The largest absolute Gasteiger partial charge is 0.495 e. The fourth-order valence-corrected chi connectivity index (χ4v) is 4.78. The van der Waals surface area contributed by atoms with E-state index in [-0.39, 0.29) is 12.5 Å². The van der Waals surface area contributed by atoms with E-state index in [4.69, 9.17) is 21.1 Å². The van der Waals surface area contributed by atoms with E-state index in [9.17, 15) is 4.79 Å². The first-order chi connectivity index (χ1) is 17.8. The maximum atomic E-state index is 12.1. The Morgan fingerprint density at radius 2 is 1.86 bits per heavy atom. The minimum atomic E-state index is -0.240. The quantitative estimate of drug-likeness (QED) is 0.400. The van der Waals surface area contributed by atoms with Crippen LogP contribution in [-0.4, -0.2) is 55.2 Å². The number of anilines is 3. The molecule has 2 heterocycles. The highest BCUT2D eigenvalue weighted by Crippen LogP contribution is 2.31. The third-order valence-electron chi connectivity index (χ3n) is 6.20. The van der Waals surface area contributed by atoms with Crippen LogP contribution in [0.2, 0.25) is 5.02 Å². The van der Waals surface area contributed by atoms with Crippen LogP contribution in [0.4, 0.5) is 17.3 Å². The minimum Gasteiger partial charge on any atom is -0.495 e. The number of carbonyl (C=O) groups is 1. The van der Waals surface area contributed by atoms with Gasteiger partial charge in [0.25, 0.3) is 5.91 Å². The molecule has 0 bridgehead atoms. The van der Waals surface area contributed by atoms with E-state index >= 15 is 0 Å². The number of rotatable bonds is 8. The summed E-state index contributed by atoms with van der Waals surface area (Å²) in [4.78, 5) is 23.3. The standard InChI is InChI=1S/C27H33ClN6O3/c1-16-8-21(6-7-23(16)34-13-17(2)32-18(3)14-34)33-27-30-11-22(12-31-27)37-15-20-9-19(26(35)29-4)10-24(36-5)25(20)28/h6-12,17-18,32H,13-15H2,1-5H3,(H,29,35)(H,30,31,33)/t17-,18+. The van der Waals surface area contributed by atoms with Crippen molar-refractivity contribution < 1.29 is 14.3 Å². The first-order valence-electron chi connectivity index (χ1n) is 12.2. The number of benzene rings is 2. The Bertz CT molecular complexity index is 1240. The number of ether oxygens (including phenoxy) is 2. The third kappa shape index (κ3) is 6.42. The highest BCUT2D eigenvalue weighted by Gasteiger charge is 2.22. The Morgan fingerprint density at radius 3 is 2.49 bits per heavy atom. The molecule has 0 aliphatic carbocycles. The Balaban J connectivity index is 1.40. The molecule has 0 spiro atoms. The van der Waals surface area contributed by atoms with Gasteiger partial charge in [0.15, 0.2) is 5.75 Å². The Morgan fingerprint density at radius 1 is 1.16 bits per heavy atom. The first-order valence-corrected chi connectivity index (χ1v) is 12.6. The van der Waals surface area contributed by atoms with Crippen LogP contribution >= 0.6 is 11.6 Å². The molecule has 37 heavy (non-hydrogen) atoms. The van der Waals surface area contributed by atoms with E-state index in [1.165, 1.54) is 18.4 Å². The summed E-state index contributed by atoms with van der Waals surface area (Å²) in [7, 11) is 3.07. The summed E-state index contributed by atoms with van der Waals surface area (Å²) in [5.41, 5.74) is 4.39. The Kier molecular flexibility index (Phi) is 8.35. The molecule has 10 heteroatoms. The van der Waals surface area contributed by atoms with Gasteiger partial charge in [0.05, 0.1) is 24.5 Å². The second-order valence-corrected chi connectivity index (χ2v) is 9.64. The molecule has 3 aromatic rings. The predicted molar refractivity (Wildman–Crippen MR) is 146 cm³/mol. The molecule has 0 unspecified atom stereocenters. The molecule has 0 saturated carbocycles. The molecule has 0 radical (unpaired) electrons. The number of carbonyl (C=O) groups excluding carboxylic acids is 1. The van der Waals surface area contributed by atoms with E-state index in [2.05, 4.69) is 63.7 Å². The lowest BCUT2D eigenvalue weighted by Crippen LogP contribution is -2.54. The number of nitrogens with zero attached hydrogens (tertiary/aromatic N) is 3. The molecular weight excluding hydrogens is 492 g/mol. The highest BCUT2D eigenvalue weighted by atomic mass is 35.5. The molecule has 2 atom stereocenters. The molecule has 1 saturated heterocycles. The Labute approximate surface area is 222 Å². The first kappa shape index (κ1) is 26.5.